The van der Waals surface area contributed by atoms with Gasteiger partial charge in [0.25, 0.3) is 5.79 Å². The van der Waals surface area contributed by atoms with Crippen LogP contribution in [0.5, 0.6) is 0 Å². The lowest BCUT2D eigenvalue weighted by Crippen LogP contribution is -2.64. The zero-order valence-electron chi connectivity index (χ0n) is 20.1. The van der Waals surface area contributed by atoms with E-state index in [0.29, 0.717) is 6.42 Å². The molecule has 1 aliphatic rings. The van der Waals surface area contributed by atoms with Gasteiger partial charge in [-0.1, -0.05) is 63.0 Å². The van der Waals surface area contributed by atoms with Crippen LogP contribution >= 0.6 is 0 Å². The molecule has 5 nitrogen and oxygen atoms in total. The highest BCUT2D eigenvalue weighted by molar-refractivity contribution is 5.76. The molecule has 0 N–H and O–H groups in total. The largest absolute Gasteiger partial charge is 0.425 e. The van der Waals surface area contributed by atoms with Crippen LogP contribution in [0.4, 0.5) is 0 Å². The number of hydrogen-bond acceptors (Lipinski definition) is 5. The molecule has 0 saturated carbocycles. The summed E-state index contributed by atoms with van der Waals surface area (Å²) in [5.41, 5.74) is 1.81. The smallest absolute Gasteiger partial charge is 0.338 e. The summed E-state index contributed by atoms with van der Waals surface area (Å²) in [6, 6.07) is 7.69. The average molecular weight is 441 g/mol. The third-order valence-electron chi connectivity index (χ3n) is 5.92. The molecule has 3 unspecified atom stereocenters. The molecular formula is C27H36O5. The predicted octanol–water partition coefficient (Wildman–Crippen LogP) is 5.00. The monoisotopic (exact) mass is 440 g/mol. The van der Waals surface area contributed by atoms with Gasteiger partial charge in [-0.2, -0.15) is 0 Å². The van der Waals surface area contributed by atoms with Gasteiger partial charge in [0.2, 0.25) is 5.79 Å². The van der Waals surface area contributed by atoms with Gasteiger partial charge in [0, 0.05) is 39.5 Å². The molecule has 1 heterocycles. The van der Waals surface area contributed by atoms with Crippen molar-refractivity contribution in [2.75, 3.05) is 14.2 Å². The lowest BCUT2D eigenvalue weighted by atomic mass is 10.0. The average Bonchev–Trinajstić information content (AvgIpc) is 2.79. The van der Waals surface area contributed by atoms with Crippen LogP contribution in [0.15, 0.2) is 24.3 Å². The molecule has 0 aromatic heterocycles. The van der Waals surface area contributed by atoms with E-state index in [0.717, 1.165) is 24.0 Å². The molecule has 1 fully saturated rings. The molecule has 5 heteroatoms. The van der Waals surface area contributed by atoms with E-state index < -0.39 is 23.6 Å². The third kappa shape index (κ3) is 7.10. The van der Waals surface area contributed by atoms with Gasteiger partial charge in [0.05, 0.1) is 0 Å². The van der Waals surface area contributed by atoms with Gasteiger partial charge >= 0.3 is 5.97 Å². The molecule has 1 aliphatic heterocycles. The first kappa shape index (κ1) is 25.9. The Balaban J connectivity index is 1.86. The second-order valence-electron chi connectivity index (χ2n) is 8.30. The number of ether oxygens (including phenoxy) is 4. The van der Waals surface area contributed by atoms with Crippen molar-refractivity contribution in [2.24, 2.45) is 0 Å². The number of methoxy groups -OCH3 is 2. The van der Waals surface area contributed by atoms with E-state index in [1.165, 1.54) is 46.3 Å². The Morgan fingerprint density at radius 3 is 2.25 bits per heavy atom. The maximum Gasteiger partial charge on any atom is 0.338 e. The normalized spacial score (nSPS) is 24.7. The van der Waals surface area contributed by atoms with Gasteiger partial charge in [-0.05, 0) is 42.9 Å². The standard InChI is InChI=1S/C27H36O5/c1-6-7-8-9-10-11-12-13-14-15-16-22-17-19-23(20-18-22)21-24-25(28)32-27(3,30-5)26(2,29-4)31-24/h17-20,24H,6-12,21H2,1-5H3. The first-order valence-electron chi connectivity index (χ1n) is 11.5. The van der Waals surface area contributed by atoms with Crippen LogP contribution in [0.3, 0.4) is 0 Å². The number of carbonyl (C=O) groups is 1. The van der Waals surface area contributed by atoms with Gasteiger partial charge in [-0.15, -0.1) is 0 Å². The van der Waals surface area contributed by atoms with Crippen LogP contribution in [0.2, 0.25) is 0 Å². The van der Waals surface area contributed by atoms with Crippen LogP contribution in [0, 0.1) is 23.7 Å². The van der Waals surface area contributed by atoms with Crippen molar-refractivity contribution in [1.29, 1.82) is 0 Å². The Morgan fingerprint density at radius 1 is 0.938 bits per heavy atom. The maximum absolute atomic E-state index is 12.4. The molecule has 0 spiro atoms. The van der Waals surface area contributed by atoms with Crippen molar-refractivity contribution < 1.29 is 23.7 Å². The molecule has 32 heavy (non-hydrogen) atoms. The summed E-state index contributed by atoms with van der Waals surface area (Å²) in [5.74, 6) is 9.03. The fourth-order valence-electron chi connectivity index (χ4n) is 3.50. The number of unbranched alkanes of at least 4 members (excludes halogenated alkanes) is 6. The molecule has 174 valence electrons. The van der Waals surface area contributed by atoms with Gasteiger partial charge in [-0.25, -0.2) is 4.79 Å². The molecule has 0 bridgehead atoms. The number of carbonyl (C=O) groups excluding carboxylic acids is 1. The summed E-state index contributed by atoms with van der Waals surface area (Å²) in [6.07, 6.45) is 8.10. The molecule has 1 saturated heterocycles. The number of rotatable bonds is 10. The first-order chi connectivity index (χ1) is 15.4. The topological polar surface area (TPSA) is 54.0 Å². The quantitative estimate of drug-likeness (QED) is 0.291. The Labute approximate surface area is 193 Å². The lowest BCUT2D eigenvalue weighted by molar-refractivity contribution is -0.405. The van der Waals surface area contributed by atoms with E-state index >= 15 is 0 Å². The van der Waals surface area contributed by atoms with E-state index in [-0.39, 0.29) is 0 Å². The minimum absolute atomic E-state index is 0.364. The lowest BCUT2D eigenvalue weighted by Gasteiger charge is -2.47. The number of cyclic esters (lactones) is 1. The minimum atomic E-state index is -1.31. The zero-order chi connectivity index (χ0) is 23.5. The van der Waals surface area contributed by atoms with Gasteiger partial charge < -0.3 is 18.9 Å². The van der Waals surface area contributed by atoms with Gasteiger partial charge in [-0.3, -0.25) is 0 Å². The molecule has 2 rings (SSSR count). The number of esters is 1. The molecule has 0 radical (unpaired) electrons. The summed E-state index contributed by atoms with van der Waals surface area (Å²) in [5, 5.41) is 0. The van der Waals surface area contributed by atoms with E-state index in [1.54, 1.807) is 13.8 Å². The van der Waals surface area contributed by atoms with Crippen molar-refractivity contribution >= 4 is 5.97 Å². The van der Waals surface area contributed by atoms with Crippen LogP contribution in [-0.4, -0.2) is 37.9 Å². The molecule has 1 aromatic rings. The Bertz CT molecular complexity index is 854. The molecule has 3 atom stereocenters. The SMILES string of the molecule is CCCCCCCCC#CC#Cc1ccc(CC2OC(C)(OC)C(C)(OC)OC2=O)cc1. The molecule has 0 amide bonds. The van der Waals surface area contributed by atoms with Gasteiger partial charge in [0.1, 0.15) is 0 Å². The predicted molar refractivity (Wildman–Crippen MR) is 125 cm³/mol. The Hall–Kier alpha value is -2.31. The fraction of sp³-hybridized carbons (Fsp3) is 0.593. The maximum atomic E-state index is 12.4. The van der Waals surface area contributed by atoms with E-state index in [4.69, 9.17) is 18.9 Å². The van der Waals surface area contributed by atoms with E-state index in [1.807, 2.05) is 24.3 Å². The summed E-state index contributed by atoms with van der Waals surface area (Å²) in [7, 11) is 2.95. The van der Waals surface area contributed by atoms with Crippen LogP contribution < -0.4 is 0 Å². The summed E-state index contributed by atoms with van der Waals surface area (Å²) in [6.45, 7) is 5.55. The minimum Gasteiger partial charge on any atom is -0.425 e. The third-order valence-corrected chi connectivity index (χ3v) is 5.92. The second kappa shape index (κ2) is 12.7. The highest BCUT2D eigenvalue weighted by Gasteiger charge is 2.57. The van der Waals surface area contributed by atoms with Gasteiger partial charge in [0.15, 0.2) is 6.10 Å². The fourth-order valence-corrected chi connectivity index (χ4v) is 3.50. The second-order valence-corrected chi connectivity index (χ2v) is 8.30. The van der Waals surface area contributed by atoms with Crippen molar-refractivity contribution in [1.82, 2.24) is 0 Å². The summed E-state index contributed by atoms with van der Waals surface area (Å²) < 4.78 is 22.3. The summed E-state index contributed by atoms with van der Waals surface area (Å²) in [4.78, 5) is 12.4. The van der Waals surface area contributed by atoms with E-state index in [2.05, 4.69) is 30.6 Å². The van der Waals surface area contributed by atoms with Crippen molar-refractivity contribution in [2.45, 2.75) is 89.8 Å². The highest BCUT2D eigenvalue weighted by atomic mass is 16.8. The van der Waals surface area contributed by atoms with Crippen molar-refractivity contribution in [3.05, 3.63) is 35.4 Å². The Morgan fingerprint density at radius 2 is 1.59 bits per heavy atom. The van der Waals surface area contributed by atoms with Crippen LogP contribution in [0.25, 0.3) is 0 Å². The van der Waals surface area contributed by atoms with Crippen molar-refractivity contribution in [3.8, 4) is 23.7 Å². The first-order valence-corrected chi connectivity index (χ1v) is 11.5. The number of hydrogen-bond donors (Lipinski definition) is 0. The molecular weight excluding hydrogens is 404 g/mol. The molecule has 1 aromatic carbocycles. The zero-order valence-corrected chi connectivity index (χ0v) is 20.1. The highest BCUT2D eigenvalue weighted by Crippen LogP contribution is 2.37. The number of benzene rings is 1. The Kier molecular flexibility index (Phi) is 10.3. The van der Waals surface area contributed by atoms with Crippen LogP contribution in [0.1, 0.15) is 76.8 Å². The van der Waals surface area contributed by atoms with Crippen LogP contribution in [-0.2, 0) is 30.2 Å². The van der Waals surface area contributed by atoms with E-state index in [9.17, 15) is 4.79 Å². The summed E-state index contributed by atoms with van der Waals surface area (Å²) >= 11 is 0. The molecule has 0 aliphatic carbocycles. The van der Waals surface area contributed by atoms with Crippen molar-refractivity contribution in [3.63, 3.8) is 0 Å².